The molecule has 7 heteroatoms. The van der Waals surface area contributed by atoms with Crippen LogP contribution >= 0.6 is 11.8 Å². The van der Waals surface area contributed by atoms with E-state index in [0.29, 0.717) is 11.3 Å². The predicted octanol–water partition coefficient (Wildman–Crippen LogP) is 6.22. The third-order valence-corrected chi connectivity index (χ3v) is 7.69. The maximum absolute atomic E-state index is 13.7. The second-order valence-electron chi connectivity index (χ2n) is 9.25. The van der Waals surface area contributed by atoms with E-state index in [1.54, 1.807) is 12.1 Å². The molecule has 1 atom stereocenters. The van der Waals surface area contributed by atoms with E-state index in [4.69, 9.17) is 0 Å². The van der Waals surface area contributed by atoms with Crippen LogP contribution in [0.25, 0.3) is 11.1 Å². The zero-order valence-corrected chi connectivity index (χ0v) is 21.5. The number of benzene rings is 3. The van der Waals surface area contributed by atoms with Crippen molar-refractivity contribution in [1.82, 2.24) is 10.2 Å². The monoisotopic (exact) mass is 516 g/mol. The zero-order valence-electron chi connectivity index (χ0n) is 20.7. The zero-order chi connectivity index (χ0) is 26.0. The Labute approximate surface area is 222 Å². The number of imide groups is 1. The Hall–Kier alpha value is -3.58. The predicted molar refractivity (Wildman–Crippen MR) is 147 cm³/mol. The number of carbonyl (C=O) groups is 3. The van der Waals surface area contributed by atoms with Crippen molar-refractivity contribution in [2.45, 2.75) is 49.9 Å². The Morgan fingerprint density at radius 3 is 2.19 bits per heavy atom. The SMILES string of the molecule is O=C(O)[C@H](CSCc1ccccc1)NC(=O)N(C(=O)c1cccc(-c2ccccc2)c1)C1CCCCC1. The topological polar surface area (TPSA) is 86.7 Å². The van der Waals surface area contributed by atoms with Crippen LogP contribution in [0.4, 0.5) is 4.79 Å². The number of amides is 3. The molecule has 1 saturated carbocycles. The third kappa shape index (κ3) is 7.23. The van der Waals surface area contributed by atoms with Gasteiger partial charge in [-0.15, -0.1) is 0 Å². The van der Waals surface area contributed by atoms with E-state index in [1.807, 2.05) is 72.8 Å². The van der Waals surface area contributed by atoms with Gasteiger partial charge in [-0.1, -0.05) is 92.1 Å². The smallest absolute Gasteiger partial charge is 0.327 e. The van der Waals surface area contributed by atoms with Crippen LogP contribution in [-0.4, -0.2) is 45.8 Å². The van der Waals surface area contributed by atoms with Crippen molar-refractivity contribution < 1.29 is 19.5 Å². The Bertz CT molecular complexity index is 1200. The van der Waals surface area contributed by atoms with Gasteiger partial charge in [-0.2, -0.15) is 11.8 Å². The standard InChI is InChI=1S/C30H32N2O4S/c33-28(25-16-10-15-24(19-25)23-13-6-2-7-14-23)32(26-17-8-3-9-18-26)30(36)31-27(29(34)35)21-37-20-22-11-4-1-5-12-22/h1-2,4-7,10-16,19,26-27H,3,8-9,17-18,20-21H2,(H,31,36)(H,34,35)/t27-/m0/s1. The van der Waals surface area contributed by atoms with Gasteiger partial charge in [-0.05, 0) is 41.7 Å². The Kier molecular flexibility index (Phi) is 9.38. The molecule has 2 N–H and O–H groups in total. The minimum atomic E-state index is -1.11. The van der Waals surface area contributed by atoms with Crippen molar-refractivity contribution in [3.63, 3.8) is 0 Å². The van der Waals surface area contributed by atoms with E-state index >= 15 is 0 Å². The molecular weight excluding hydrogens is 484 g/mol. The number of nitrogens with one attached hydrogen (secondary N) is 1. The minimum absolute atomic E-state index is 0.201. The van der Waals surface area contributed by atoms with Crippen molar-refractivity contribution in [1.29, 1.82) is 0 Å². The molecule has 3 amide bonds. The summed E-state index contributed by atoms with van der Waals surface area (Å²) in [6, 6.07) is 24.8. The van der Waals surface area contributed by atoms with Gasteiger partial charge in [0, 0.05) is 23.1 Å². The number of carboxylic acids is 1. The van der Waals surface area contributed by atoms with Crippen LogP contribution < -0.4 is 5.32 Å². The molecule has 0 saturated heterocycles. The molecule has 0 unspecified atom stereocenters. The lowest BCUT2D eigenvalue weighted by molar-refractivity contribution is -0.138. The summed E-state index contributed by atoms with van der Waals surface area (Å²) in [6.07, 6.45) is 4.37. The number of thioether (sulfide) groups is 1. The summed E-state index contributed by atoms with van der Waals surface area (Å²) in [5.41, 5.74) is 3.36. The van der Waals surface area contributed by atoms with Gasteiger partial charge < -0.3 is 10.4 Å². The average molecular weight is 517 g/mol. The van der Waals surface area contributed by atoms with Gasteiger partial charge in [-0.25, -0.2) is 9.59 Å². The van der Waals surface area contributed by atoms with Gasteiger partial charge in [0.05, 0.1) is 0 Å². The van der Waals surface area contributed by atoms with E-state index in [9.17, 15) is 19.5 Å². The number of nitrogens with zero attached hydrogens (tertiary/aromatic N) is 1. The summed E-state index contributed by atoms with van der Waals surface area (Å²) >= 11 is 1.44. The highest BCUT2D eigenvalue weighted by atomic mass is 32.2. The number of aliphatic carboxylic acids is 1. The molecule has 0 bridgehead atoms. The van der Waals surface area contributed by atoms with Gasteiger partial charge in [0.2, 0.25) is 0 Å². The number of hydrogen-bond acceptors (Lipinski definition) is 4. The highest BCUT2D eigenvalue weighted by Gasteiger charge is 2.34. The van der Waals surface area contributed by atoms with Crippen LogP contribution in [0.1, 0.15) is 48.0 Å². The van der Waals surface area contributed by atoms with Crippen LogP contribution in [0.15, 0.2) is 84.9 Å². The van der Waals surface area contributed by atoms with Crippen LogP contribution in [0.2, 0.25) is 0 Å². The van der Waals surface area contributed by atoms with Crippen LogP contribution in [-0.2, 0) is 10.5 Å². The molecule has 4 rings (SSSR count). The van der Waals surface area contributed by atoms with Gasteiger partial charge >= 0.3 is 12.0 Å². The fraction of sp³-hybridized carbons (Fsp3) is 0.300. The number of urea groups is 1. The molecule has 0 spiro atoms. The molecule has 1 fully saturated rings. The largest absolute Gasteiger partial charge is 0.480 e. The third-order valence-electron chi connectivity index (χ3n) is 6.59. The summed E-state index contributed by atoms with van der Waals surface area (Å²) in [6.45, 7) is 0. The lowest BCUT2D eigenvalue weighted by Gasteiger charge is -2.33. The summed E-state index contributed by atoms with van der Waals surface area (Å²) in [7, 11) is 0. The Balaban J connectivity index is 1.51. The summed E-state index contributed by atoms with van der Waals surface area (Å²) in [5, 5.41) is 12.4. The molecule has 3 aromatic carbocycles. The van der Waals surface area contributed by atoms with Crippen molar-refractivity contribution in [3.05, 3.63) is 96.1 Å². The number of carbonyl (C=O) groups excluding carboxylic acids is 2. The van der Waals surface area contributed by atoms with Gasteiger partial charge in [-0.3, -0.25) is 9.69 Å². The first kappa shape index (κ1) is 26.5. The van der Waals surface area contributed by atoms with Crippen molar-refractivity contribution in [2.75, 3.05) is 5.75 Å². The maximum atomic E-state index is 13.7. The molecular formula is C30H32N2O4S. The van der Waals surface area contributed by atoms with E-state index in [1.165, 1.54) is 16.7 Å². The Morgan fingerprint density at radius 2 is 1.51 bits per heavy atom. The molecule has 37 heavy (non-hydrogen) atoms. The van der Waals surface area contributed by atoms with Crippen molar-refractivity contribution >= 4 is 29.7 Å². The van der Waals surface area contributed by atoms with E-state index < -0.39 is 23.9 Å². The number of carboxylic acid groups (broad SMARTS) is 1. The first-order chi connectivity index (χ1) is 18.0. The summed E-state index contributed by atoms with van der Waals surface area (Å²) in [4.78, 5) is 40.5. The van der Waals surface area contributed by atoms with Crippen LogP contribution in [0, 0.1) is 0 Å². The number of hydrogen-bond donors (Lipinski definition) is 2. The maximum Gasteiger partial charge on any atom is 0.327 e. The second-order valence-corrected chi connectivity index (χ2v) is 10.3. The Morgan fingerprint density at radius 1 is 0.865 bits per heavy atom. The lowest BCUT2D eigenvalue weighted by atomic mass is 9.93. The molecule has 0 aromatic heterocycles. The highest BCUT2D eigenvalue weighted by Crippen LogP contribution is 2.26. The van der Waals surface area contributed by atoms with Gasteiger partial charge in [0.25, 0.3) is 5.91 Å². The summed E-state index contributed by atoms with van der Waals surface area (Å²) < 4.78 is 0. The molecule has 6 nitrogen and oxygen atoms in total. The molecule has 1 aliphatic rings. The van der Waals surface area contributed by atoms with Gasteiger partial charge in [0.15, 0.2) is 0 Å². The van der Waals surface area contributed by atoms with Crippen LogP contribution in [0.3, 0.4) is 0 Å². The number of rotatable bonds is 9. The van der Waals surface area contributed by atoms with E-state index in [0.717, 1.165) is 48.8 Å². The first-order valence-electron chi connectivity index (χ1n) is 12.7. The lowest BCUT2D eigenvalue weighted by Crippen LogP contribution is -2.54. The fourth-order valence-corrected chi connectivity index (χ4v) is 5.63. The quantitative estimate of drug-likeness (QED) is 0.352. The molecule has 0 aliphatic heterocycles. The molecule has 1 aliphatic carbocycles. The first-order valence-corrected chi connectivity index (χ1v) is 13.8. The normalized spacial score (nSPS) is 14.5. The molecule has 192 valence electrons. The van der Waals surface area contributed by atoms with E-state index in [2.05, 4.69) is 5.32 Å². The minimum Gasteiger partial charge on any atom is -0.480 e. The highest BCUT2D eigenvalue weighted by molar-refractivity contribution is 7.98. The second kappa shape index (κ2) is 13.1. The van der Waals surface area contributed by atoms with Crippen molar-refractivity contribution in [2.24, 2.45) is 0 Å². The fourth-order valence-electron chi connectivity index (χ4n) is 4.63. The van der Waals surface area contributed by atoms with Gasteiger partial charge in [0.1, 0.15) is 6.04 Å². The molecule has 0 heterocycles. The van der Waals surface area contributed by atoms with Crippen molar-refractivity contribution in [3.8, 4) is 11.1 Å². The van der Waals surface area contributed by atoms with Crippen LogP contribution in [0.5, 0.6) is 0 Å². The molecule has 3 aromatic rings. The summed E-state index contributed by atoms with van der Waals surface area (Å²) in [5.74, 6) is -0.677. The average Bonchev–Trinajstić information content (AvgIpc) is 2.94. The molecule has 0 radical (unpaired) electrons. The van der Waals surface area contributed by atoms with E-state index in [-0.39, 0.29) is 11.8 Å².